The normalized spacial score (nSPS) is 18.7. The van der Waals surface area contributed by atoms with Gasteiger partial charge >= 0.3 is 0 Å². The molecular weight excluding hydrogens is 286 g/mol. The Hall–Kier alpha value is -1.88. The summed E-state index contributed by atoms with van der Waals surface area (Å²) in [6.07, 6.45) is 5.15. The van der Waals surface area contributed by atoms with Crippen LogP contribution in [-0.2, 0) is 6.54 Å². The van der Waals surface area contributed by atoms with Crippen LogP contribution in [0.1, 0.15) is 49.4 Å². The van der Waals surface area contributed by atoms with Crippen LogP contribution in [0.2, 0.25) is 0 Å². The Balaban J connectivity index is 1.69. The molecule has 3 rings (SSSR count). The molecule has 2 aromatic rings. The Morgan fingerprint density at radius 1 is 1.35 bits per heavy atom. The number of rotatable bonds is 5. The highest BCUT2D eigenvalue weighted by atomic mass is 15.2. The number of aromatic nitrogens is 3. The minimum atomic E-state index is 0.461. The van der Waals surface area contributed by atoms with Gasteiger partial charge in [0.2, 0.25) is 0 Å². The highest BCUT2D eigenvalue weighted by molar-refractivity contribution is 5.45. The summed E-state index contributed by atoms with van der Waals surface area (Å²) in [4.78, 5) is 11.8. The average molecular weight is 313 g/mol. The molecule has 2 aromatic heterocycles. The molecule has 124 valence electrons. The van der Waals surface area contributed by atoms with Crippen LogP contribution in [-0.4, -0.2) is 39.6 Å². The number of aryl methyl sites for hydroxylation is 1. The molecule has 1 aliphatic rings. The number of nitrogens with zero attached hydrogens (tertiary/aromatic N) is 4. The lowest BCUT2D eigenvalue weighted by Gasteiger charge is -2.18. The zero-order chi connectivity index (χ0) is 16.4. The fourth-order valence-electron chi connectivity index (χ4n) is 3.40. The van der Waals surface area contributed by atoms with E-state index in [2.05, 4.69) is 58.9 Å². The molecule has 0 amide bonds. The third kappa shape index (κ3) is 3.55. The second-order valence-corrected chi connectivity index (χ2v) is 6.74. The van der Waals surface area contributed by atoms with Crippen LogP contribution in [0.3, 0.4) is 0 Å². The lowest BCUT2D eigenvalue weighted by Crippen LogP contribution is -2.23. The molecule has 23 heavy (non-hydrogen) atoms. The molecule has 3 heterocycles. The van der Waals surface area contributed by atoms with Gasteiger partial charge in [-0.15, -0.1) is 0 Å². The first-order valence-electron chi connectivity index (χ1n) is 8.47. The van der Waals surface area contributed by atoms with Crippen molar-refractivity contribution in [2.24, 2.45) is 0 Å². The van der Waals surface area contributed by atoms with Gasteiger partial charge in [0.05, 0.1) is 6.54 Å². The van der Waals surface area contributed by atoms with Crippen molar-refractivity contribution in [2.45, 2.75) is 45.7 Å². The Morgan fingerprint density at radius 2 is 2.17 bits per heavy atom. The number of hydrogen-bond acceptors (Lipinski definition) is 4. The lowest BCUT2D eigenvalue weighted by molar-refractivity contribution is 0.309. The monoisotopic (exact) mass is 313 g/mol. The van der Waals surface area contributed by atoms with E-state index in [4.69, 9.17) is 4.98 Å². The van der Waals surface area contributed by atoms with E-state index in [-0.39, 0.29) is 0 Å². The Morgan fingerprint density at radius 3 is 2.91 bits per heavy atom. The van der Waals surface area contributed by atoms with Crippen molar-refractivity contribution in [2.75, 3.05) is 25.5 Å². The van der Waals surface area contributed by atoms with Crippen LogP contribution in [0.25, 0.3) is 0 Å². The highest BCUT2D eigenvalue weighted by Crippen LogP contribution is 2.28. The van der Waals surface area contributed by atoms with Crippen molar-refractivity contribution in [3.8, 4) is 0 Å². The van der Waals surface area contributed by atoms with Crippen molar-refractivity contribution in [3.05, 3.63) is 41.7 Å². The van der Waals surface area contributed by atoms with E-state index in [1.807, 2.05) is 13.2 Å². The quantitative estimate of drug-likeness (QED) is 0.921. The van der Waals surface area contributed by atoms with E-state index in [1.165, 1.54) is 12.1 Å². The Kier molecular flexibility index (Phi) is 4.66. The van der Waals surface area contributed by atoms with Gasteiger partial charge in [0.25, 0.3) is 0 Å². The van der Waals surface area contributed by atoms with E-state index < -0.39 is 0 Å². The van der Waals surface area contributed by atoms with Crippen molar-refractivity contribution in [3.63, 3.8) is 0 Å². The zero-order valence-electron chi connectivity index (χ0n) is 14.6. The summed E-state index contributed by atoms with van der Waals surface area (Å²) in [6, 6.07) is 4.74. The fourth-order valence-corrected chi connectivity index (χ4v) is 3.40. The van der Waals surface area contributed by atoms with Crippen LogP contribution >= 0.6 is 0 Å². The molecule has 5 heteroatoms. The minimum absolute atomic E-state index is 0.461. The van der Waals surface area contributed by atoms with E-state index >= 15 is 0 Å². The Labute approximate surface area is 138 Å². The first kappa shape index (κ1) is 16.0. The van der Waals surface area contributed by atoms with Gasteiger partial charge in [-0.3, -0.25) is 9.88 Å². The van der Waals surface area contributed by atoms with Gasteiger partial charge in [-0.2, -0.15) is 0 Å². The summed E-state index contributed by atoms with van der Waals surface area (Å²) in [5.41, 5.74) is 3.45. The molecule has 0 aromatic carbocycles. The second kappa shape index (κ2) is 6.71. The summed E-state index contributed by atoms with van der Waals surface area (Å²) < 4.78 is 2.26. The van der Waals surface area contributed by atoms with Crippen LogP contribution in [0.15, 0.2) is 24.5 Å². The zero-order valence-corrected chi connectivity index (χ0v) is 14.6. The van der Waals surface area contributed by atoms with E-state index in [9.17, 15) is 0 Å². The molecule has 1 saturated heterocycles. The molecule has 0 aliphatic carbocycles. The first-order chi connectivity index (χ1) is 11.1. The van der Waals surface area contributed by atoms with Gasteiger partial charge < -0.3 is 9.88 Å². The summed E-state index contributed by atoms with van der Waals surface area (Å²) in [5.74, 6) is 1.68. The molecule has 5 nitrogen and oxygen atoms in total. The van der Waals surface area contributed by atoms with Gasteiger partial charge in [-0.1, -0.05) is 0 Å². The summed E-state index contributed by atoms with van der Waals surface area (Å²) in [6.45, 7) is 9.56. The predicted octanol–water partition coefficient (Wildman–Crippen LogP) is 3.20. The van der Waals surface area contributed by atoms with E-state index in [1.54, 1.807) is 0 Å². The molecule has 1 aliphatic heterocycles. The van der Waals surface area contributed by atoms with E-state index in [0.29, 0.717) is 12.0 Å². The maximum atomic E-state index is 4.75. The van der Waals surface area contributed by atoms with E-state index in [0.717, 1.165) is 36.8 Å². The molecule has 0 saturated carbocycles. The summed E-state index contributed by atoms with van der Waals surface area (Å²) in [7, 11) is 1.96. The van der Waals surface area contributed by atoms with Gasteiger partial charge in [-0.25, -0.2) is 4.98 Å². The average Bonchev–Trinajstić information content (AvgIpc) is 3.16. The number of hydrogen-bond donors (Lipinski definition) is 1. The third-order valence-electron chi connectivity index (χ3n) is 4.62. The minimum Gasteiger partial charge on any atom is -0.388 e. The molecular formula is C18H27N5. The van der Waals surface area contributed by atoms with Crippen LogP contribution in [0, 0.1) is 6.92 Å². The fraction of sp³-hybridized carbons (Fsp3) is 0.556. The molecule has 1 unspecified atom stereocenters. The molecule has 0 bridgehead atoms. The molecule has 1 atom stereocenters. The molecule has 1 N–H and O–H groups in total. The van der Waals surface area contributed by atoms with Gasteiger partial charge in [0, 0.05) is 55.0 Å². The summed E-state index contributed by atoms with van der Waals surface area (Å²) in [5, 5.41) is 3.23. The predicted molar refractivity (Wildman–Crippen MR) is 93.8 cm³/mol. The van der Waals surface area contributed by atoms with Gasteiger partial charge in [0.1, 0.15) is 5.82 Å². The van der Waals surface area contributed by atoms with Gasteiger partial charge in [0.15, 0.2) is 0 Å². The van der Waals surface area contributed by atoms with Crippen LogP contribution in [0.4, 0.5) is 5.69 Å². The number of pyridine rings is 1. The van der Waals surface area contributed by atoms with Crippen LogP contribution < -0.4 is 5.32 Å². The molecule has 1 fully saturated rings. The highest BCUT2D eigenvalue weighted by Gasteiger charge is 2.26. The van der Waals surface area contributed by atoms with Crippen molar-refractivity contribution in [1.82, 2.24) is 19.4 Å². The van der Waals surface area contributed by atoms with Crippen molar-refractivity contribution < 1.29 is 0 Å². The number of anilines is 1. The lowest BCUT2D eigenvalue weighted by atomic mass is 10.0. The SMILES string of the molecule is CNc1cc(C)nc(C2CCN(Cc3nccn3C(C)C)C2)c1. The smallest absolute Gasteiger partial charge is 0.123 e. The maximum absolute atomic E-state index is 4.75. The molecule has 0 radical (unpaired) electrons. The third-order valence-corrected chi connectivity index (χ3v) is 4.62. The Bertz CT molecular complexity index is 661. The number of imidazole rings is 1. The summed E-state index contributed by atoms with van der Waals surface area (Å²) >= 11 is 0. The maximum Gasteiger partial charge on any atom is 0.123 e. The molecule has 0 spiro atoms. The van der Waals surface area contributed by atoms with Crippen LogP contribution in [0.5, 0.6) is 0 Å². The standard InChI is InChI=1S/C18H27N5/c1-13(2)23-8-6-20-18(23)12-22-7-5-15(11-22)17-10-16(19-4)9-14(3)21-17/h6,8-10,13,15H,5,7,11-12H2,1-4H3,(H,19,21). The van der Waals surface area contributed by atoms with Gasteiger partial charge in [-0.05, 0) is 45.9 Å². The number of likely N-dealkylation sites (tertiary alicyclic amines) is 1. The first-order valence-corrected chi connectivity index (χ1v) is 8.47. The largest absolute Gasteiger partial charge is 0.388 e. The van der Waals surface area contributed by atoms with Crippen molar-refractivity contribution in [1.29, 1.82) is 0 Å². The topological polar surface area (TPSA) is 46.0 Å². The number of nitrogens with one attached hydrogen (secondary N) is 1. The second-order valence-electron chi connectivity index (χ2n) is 6.74. The van der Waals surface area contributed by atoms with Crippen molar-refractivity contribution >= 4 is 5.69 Å².